The van der Waals surface area contributed by atoms with Crippen LogP contribution in [0.3, 0.4) is 0 Å². The molecule has 0 radical (unpaired) electrons. The lowest BCUT2D eigenvalue weighted by molar-refractivity contribution is 0.0496. The molecule has 0 saturated heterocycles. The molecule has 2 amide bonds. The largest absolute Gasteiger partial charge is 0.444 e. The van der Waals surface area contributed by atoms with Crippen LogP contribution in [0.2, 0.25) is 0 Å². The smallest absolute Gasteiger partial charge is 0.408 e. The van der Waals surface area contributed by atoms with Crippen molar-refractivity contribution in [1.82, 2.24) is 20.6 Å². The fourth-order valence-electron chi connectivity index (χ4n) is 5.17. The average molecular weight is 855 g/mol. The second kappa shape index (κ2) is 23.1. The quantitative estimate of drug-likeness (QED) is 0.0874. The number of alkyl carbamates (subject to hydrolysis) is 2. The van der Waals surface area contributed by atoms with E-state index in [0.717, 1.165) is 44.6 Å². The molecule has 2 heterocycles. The number of carbonyl (C=O) groups is 2. The maximum absolute atomic E-state index is 11.9. The normalized spacial score (nSPS) is 12.5. The Morgan fingerprint density at radius 2 is 1.03 bits per heavy atom. The Hall–Kier alpha value is -5.46. The number of hydrogen-bond acceptors (Lipinski definition) is 9. The Morgan fingerprint density at radius 3 is 1.43 bits per heavy atom. The molecule has 5 rings (SSSR count). The van der Waals surface area contributed by atoms with Crippen LogP contribution in [-0.4, -0.2) is 33.4 Å². The number of nitrogens with zero attached hydrogens (tertiary/aromatic N) is 2. The Morgan fingerprint density at radius 1 is 0.621 bits per heavy atom. The lowest BCUT2D eigenvalue weighted by atomic mass is 10.1. The predicted molar refractivity (Wildman–Crippen MR) is 238 cm³/mol. The summed E-state index contributed by atoms with van der Waals surface area (Å²) in [6.07, 6.45) is 6.43. The van der Waals surface area contributed by atoms with E-state index in [1.54, 1.807) is 12.4 Å². The van der Waals surface area contributed by atoms with Crippen LogP contribution in [-0.2, 0) is 22.6 Å². The summed E-state index contributed by atoms with van der Waals surface area (Å²) in [7, 11) is 0. The number of benzene rings is 3. The summed E-state index contributed by atoms with van der Waals surface area (Å²) in [5.41, 5.74) is 12.4. The van der Waals surface area contributed by atoms with Crippen molar-refractivity contribution in [3.05, 3.63) is 154 Å². The van der Waals surface area contributed by atoms with Crippen molar-refractivity contribution in [2.75, 3.05) is 10.6 Å². The lowest BCUT2D eigenvalue weighted by Crippen LogP contribution is -2.34. The van der Waals surface area contributed by atoms with E-state index >= 15 is 0 Å². The molecule has 0 saturated carbocycles. The van der Waals surface area contributed by atoms with Crippen LogP contribution < -0.4 is 27.0 Å². The highest BCUT2D eigenvalue weighted by molar-refractivity contribution is 9.10. The molecule has 0 aliphatic rings. The van der Waals surface area contributed by atoms with E-state index in [9.17, 15) is 9.59 Å². The van der Waals surface area contributed by atoms with Crippen LogP contribution in [0.15, 0.2) is 126 Å². The molecule has 58 heavy (non-hydrogen) atoms. The summed E-state index contributed by atoms with van der Waals surface area (Å²) in [6.45, 7) is 18.4. The monoisotopic (exact) mass is 853 g/mol. The van der Waals surface area contributed by atoms with Gasteiger partial charge in [0, 0.05) is 59.8 Å². The lowest BCUT2D eigenvalue weighted by Gasteiger charge is -2.22. The van der Waals surface area contributed by atoms with E-state index in [-0.39, 0.29) is 18.1 Å². The molecule has 2 aromatic heterocycles. The second-order valence-corrected chi connectivity index (χ2v) is 16.7. The summed E-state index contributed by atoms with van der Waals surface area (Å²) in [5.74, 6) is 0. The van der Waals surface area contributed by atoms with Crippen LogP contribution >= 0.6 is 15.9 Å². The highest BCUT2D eigenvalue weighted by atomic mass is 79.9. The first kappa shape index (κ1) is 46.9. The summed E-state index contributed by atoms with van der Waals surface area (Å²) >= 11 is 3.40. The van der Waals surface area contributed by atoms with Gasteiger partial charge in [0.2, 0.25) is 0 Å². The summed E-state index contributed by atoms with van der Waals surface area (Å²) in [4.78, 5) is 31.7. The molecule has 3 atom stereocenters. The van der Waals surface area contributed by atoms with Gasteiger partial charge in [0.1, 0.15) is 11.2 Å². The van der Waals surface area contributed by atoms with E-state index in [1.165, 1.54) is 5.56 Å². The Bertz CT molecular complexity index is 1980. The maximum Gasteiger partial charge on any atom is 0.408 e. The van der Waals surface area contributed by atoms with Gasteiger partial charge in [-0.25, -0.2) is 9.59 Å². The summed E-state index contributed by atoms with van der Waals surface area (Å²) in [5, 5.41) is 12.4. The minimum Gasteiger partial charge on any atom is -0.444 e. The van der Waals surface area contributed by atoms with Crippen molar-refractivity contribution in [3.63, 3.8) is 0 Å². The first-order valence-corrected chi connectivity index (χ1v) is 20.1. The van der Waals surface area contributed by atoms with E-state index in [0.29, 0.717) is 6.54 Å². The molecule has 6 N–H and O–H groups in total. The van der Waals surface area contributed by atoms with Gasteiger partial charge in [-0.1, -0.05) is 64.5 Å². The van der Waals surface area contributed by atoms with Crippen molar-refractivity contribution in [2.45, 2.75) is 105 Å². The molecule has 0 spiro atoms. The fraction of sp³-hybridized carbons (Fsp3) is 0.348. The molecule has 12 heteroatoms. The first-order chi connectivity index (χ1) is 27.4. The topological polar surface area (TPSA) is 153 Å². The van der Waals surface area contributed by atoms with Crippen molar-refractivity contribution in [1.29, 1.82) is 0 Å². The van der Waals surface area contributed by atoms with Gasteiger partial charge < -0.3 is 36.5 Å². The third-order valence-corrected chi connectivity index (χ3v) is 8.55. The van der Waals surface area contributed by atoms with Gasteiger partial charge in [-0.3, -0.25) is 9.97 Å². The first-order valence-electron chi connectivity index (χ1n) is 19.3. The zero-order valence-electron chi connectivity index (χ0n) is 35.2. The molecular formula is C46H60BrN7O4. The van der Waals surface area contributed by atoms with Crippen LogP contribution in [0.5, 0.6) is 0 Å². The Balaban J connectivity index is 0.000000238. The maximum atomic E-state index is 11.9. The zero-order chi connectivity index (χ0) is 42.7. The number of rotatable bonds is 11. The molecule has 0 unspecified atom stereocenters. The number of amides is 2. The number of halogens is 1. The van der Waals surface area contributed by atoms with E-state index in [4.69, 9.17) is 15.2 Å². The van der Waals surface area contributed by atoms with Crippen molar-refractivity contribution < 1.29 is 19.1 Å². The Labute approximate surface area is 353 Å². The number of anilines is 2. The number of ether oxygens (including phenoxy) is 2. The van der Waals surface area contributed by atoms with Crippen LogP contribution in [0.25, 0.3) is 0 Å². The van der Waals surface area contributed by atoms with Gasteiger partial charge in [0.25, 0.3) is 0 Å². The Kier molecular flexibility index (Phi) is 18.7. The number of hydrogen-bond donors (Lipinski definition) is 5. The van der Waals surface area contributed by atoms with Gasteiger partial charge in [-0.2, -0.15) is 0 Å². The third-order valence-electron chi connectivity index (χ3n) is 8.05. The molecule has 0 bridgehead atoms. The van der Waals surface area contributed by atoms with E-state index in [2.05, 4.69) is 59.3 Å². The molecule has 0 aliphatic heterocycles. The highest BCUT2D eigenvalue weighted by Crippen LogP contribution is 2.21. The fourth-order valence-corrected chi connectivity index (χ4v) is 5.59. The number of nitrogens with one attached hydrogen (secondary N) is 4. The second-order valence-electron chi connectivity index (χ2n) is 15.8. The molecule has 3 aromatic carbocycles. The molecule has 11 nitrogen and oxygen atoms in total. The summed E-state index contributed by atoms with van der Waals surface area (Å²) in [6, 6.07) is 31.8. The molecular weight excluding hydrogens is 794 g/mol. The zero-order valence-corrected chi connectivity index (χ0v) is 36.8. The minimum absolute atomic E-state index is 0.0649. The van der Waals surface area contributed by atoms with Crippen LogP contribution in [0.1, 0.15) is 108 Å². The van der Waals surface area contributed by atoms with Crippen molar-refractivity contribution in [3.8, 4) is 0 Å². The SMILES string of the molecule is C[C@H](N)c1cccc(NCc2cccnc2)c1.C[C@H](NC(=O)OC(C)(C)C)c1cccc(Br)c1.C[C@H](NC(=O)OC(C)(C)C)c1cccc(NCc2cccnc2)c1. The molecule has 310 valence electrons. The molecule has 0 aliphatic carbocycles. The number of pyridine rings is 2. The van der Waals surface area contributed by atoms with Crippen LogP contribution in [0, 0.1) is 0 Å². The predicted octanol–water partition coefficient (Wildman–Crippen LogP) is 11.0. The molecule has 5 aromatic rings. The van der Waals surface area contributed by atoms with Crippen LogP contribution in [0.4, 0.5) is 21.0 Å². The number of aromatic nitrogens is 2. The number of carbonyl (C=O) groups excluding carboxylic acids is 2. The molecule has 0 fully saturated rings. The van der Waals surface area contributed by atoms with E-state index in [1.807, 2.05) is 160 Å². The average Bonchev–Trinajstić information content (AvgIpc) is 3.16. The third kappa shape index (κ3) is 19.1. The number of nitrogens with two attached hydrogens (primary N) is 1. The van der Waals surface area contributed by atoms with E-state index < -0.39 is 23.4 Å². The van der Waals surface area contributed by atoms with Gasteiger partial charge in [-0.15, -0.1) is 0 Å². The van der Waals surface area contributed by atoms with Gasteiger partial charge in [-0.05, 0) is 139 Å². The van der Waals surface area contributed by atoms with Crippen molar-refractivity contribution in [2.24, 2.45) is 5.73 Å². The highest BCUT2D eigenvalue weighted by Gasteiger charge is 2.19. The summed E-state index contributed by atoms with van der Waals surface area (Å²) < 4.78 is 11.5. The minimum atomic E-state index is -0.503. The van der Waals surface area contributed by atoms with Crippen molar-refractivity contribution >= 4 is 39.5 Å². The standard InChI is InChI=1S/C19H25N3O2.C14H17N3.C13H18BrNO2/c1-14(22-18(23)24-19(2,3)4)16-8-5-9-17(11-16)21-13-15-7-6-10-20-12-15;1-11(15)13-5-2-6-14(8-13)17-10-12-4-3-7-16-9-12;1-9(10-6-5-7-11(14)8-10)15-12(16)17-13(2,3)4/h5-12,14,21H,13H2,1-4H3,(H,22,23);2-9,11,17H,10,15H2,1H3;5-9H,1-4H3,(H,15,16)/t14-;11-;9-/m000/s1. The van der Waals surface area contributed by atoms with Gasteiger partial charge in [0.15, 0.2) is 0 Å². The van der Waals surface area contributed by atoms with Gasteiger partial charge in [0.05, 0.1) is 12.1 Å². The van der Waals surface area contributed by atoms with Gasteiger partial charge >= 0.3 is 12.2 Å².